The second-order valence-corrected chi connectivity index (χ2v) is 3.74. The molecule has 2 fully saturated rings. The summed E-state index contributed by atoms with van der Waals surface area (Å²) in [7, 11) is 0. The first-order chi connectivity index (χ1) is 6.86. The van der Waals surface area contributed by atoms with Crippen LogP contribution in [-0.4, -0.2) is 56.4 Å². The van der Waals surface area contributed by atoms with Gasteiger partial charge in [0.15, 0.2) is 0 Å². The summed E-state index contributed by atoms with van der Waals surface area (Å²) < 4.78 is 5.19. The topological polar surface area (TPSA) is 53.6 Å². The van der Waals surface area contributed by atoms with Crippen molar-refractivity contribution in [3.63, 3.8) is 0 Å². The molecule has 0 aromatic carbocycles. The molecule has 2 aliphatic rings. The Bertz CT molecular complexity index is 198. The molecule has 0 aliphatic carbocycles. The summed E-state index contributed by atoms with van der Waals surface area (Å²) in [6.07, 6.45) is 1.04. The van der Waals surface area contributed by atoms with Gasteiger partial charge in [-0.1, -0.05) is 0 Å². The van der Waals surface area contributed by atoms with Gasteiger partial charge in [0.2, 0.25) is 0 Å². The molecule has 80 valence electrons. The predicted octanol–water partition coefficient (Wildman–Crippen LogP) is -0.610. The molecule has 2 rings (SSSR count). The van der Waals surface area contributed by atoms with Crippen LogP contribution < -0.4 is 10.6 Å². The quantitative estimate of drug-likeness (QED) is 0.592. The van der Waals surface area contributed by atoms with Gasteiger partial charge in [-0.2, -0.15) is 0 Å². The fourth-order valence-electron chi connectivity index (χ4n) is 1.81. The Balaban J connectivity index is 1.75. The lowest BCUT2D eigenvalue weighted by Gasteiger charge is -2.28. The van der Waals surface area contributed by atoms with Crippen molar-refractivity contribution in [3.05, 3.63) is 0 Å². The average molecular weight is 199 g/mol. The average Bonchev–Trinajstić information content (AvgIpc) is 2.72. The fraction of sp³-hybridized carbons (Fsp3) is 0.889. The highest BCUT2D eigenvalue weighted by Crippen LogP contribution is 2.01. The van der Waals surface area contributed by atoms with Crippen molar-refractivity contribution < 1.29 is 9.53 Å². The first-order valence-electron chi connectivity index (χ1n) is 5.20. The zero-order chi connectivity index (χ0) is 9.80. The summed E-state index contributed by atoms with van der Waals surface area (Å²) in [5, 5.41) is 6.24. The Morgan fingerprint density at radius 3 is 2.86 bits per heavy atom. The molecule has 2 aliphatic heterocycles. The highest BCUT2D eigenvalue weighted by atomic mass is 16.5. The second kappa shape index (κ2) is 4.61. The number of morpholine rings is 1. The van der Waals surface area contributed by atoms with Crippen LogP contribution in [0.25, 0.3) is 0 Å². The van der Waals surface area contributed by atoms with Crippen molar-refractivity contribution in [1.82, 2.24) is 15.5 Å². The van der Waals surface area contributed by atoms with Crippen molar-refractivity contribution in [2.75, 3.05) is 39.4 Å². The number of hydrogen-bond donors (Lipinski definition) is 2. The van der Waals surface area contributed by atoms with Crippen LogP contribution in [0.2, 0.25) is 0 Å². The van der Waals surface area contributed by atoms with Gasteiger partial charge in [-0.05, 0) is 13.0 Å². The fourth-order valence-corrected chi connectivity index (χ4v) is 1.81. The molecular weight excluding hydrogens is 182 g/mol. The van der Waals surface area contributed by atoms with E-state index in [1.54, 1.807) is 0 Å². The summed E-state index contributed by atoms with van der Waals surface area (Å²) >= 11 is 0. The number of urea groups is 1. The van der Waals surface area contributed by atoms with Crippen LogP contribution in [0.3, 0.4) is 0 Å². The monoisotopic (exact) mass is 199 g/mol. The van der Waals surface area contributed by atoms with Gasteiger partial charge in [0.1, 0.15) is 0 Å². The Hall–Kier alpha value is -0.810. The molecule has 0 aromatic heterocycles. The van der Waals surface area contributed by atoms with E-state index in [9.17, 15) is 4.79 Å². The van der Waals surface area contributed by atoms with E-state index in [2.05, 4.69) is 10.6 Å². The van der Waals surface area contributed by atoms with Gasteiger partial charge in [-0.15, -0.1) is 0 Å². The van der Waals surface area contributed by atoms with Crippen LogP contribution in [0.4, 0.5) is 4.79 Å². The van der Waals surface area contributed by atoms with E-state index in [1.807, 2.05) is 4.90 Å². The Morgan fingerprint density at radius 2 is 2.21 bits per heavy atom. The minimum absolute atomic E-state index is 0.0574. The maximum absolute atomic E-state index is 11.7. The van der Waals surface area contributed by atoms with Gasteiger partial charge >= 0.3 is 6.03 Å². The number of hydrogen-bond acceptors (Lipinski definition) is 3. The summed E-state index contributed by atoms with van der Waals surface area (Å²) in [6, 6.07) is 0.368. The molecular formula is C9H17N3O2. The zero-order valence-corrected chi connectivity index (χ0v) is 8.29. The molecule has 0 spiro atoms. The highest BCUT2D eigenvalue weighted by molar-refractivity contribution is 5.74. The molecule has 0 aromatic rings. The Morgan fingerprint density at radius 1 is 1.43 bits per heavy atom. The molecule has 5 heteroatoms. The number of amides is 2. The molecule has 0 unspecified atom stereocenters. The predicted molar refractivity (Wildman–Crippen MR) is 52.2 cm³/mol. The van der Waals surface area contributed by atoms with E-state index in [0.29, 0.717) is 32.3 Å². The number of nitrogens with zero attached hydrogens (tertiary/aromatic N) is 1. The Kier molecular flexibility index (Phi) is 3.21. The zero-order valence-electron chi connectivity index (χ0n) is 8.29. The standard InChI is InChI=1S/C9H17N3O2/c13-9(11-8-1-2-10-7-8)12-3-5-14-6-4-12/h8,10H,1-7H2,(H,11,13)/t8-/m1/s1. The van der Waals surface area contributed by atoms with Crippen molar-refractivity contribution in [1.29, 1.82) is 0 Å². The highest BCUT2D eigenvalue weighted by Gasteiger charge is 2.21. The molecule has 0 radical (unpaired) electrons. The lowest BCUT2D eigenvalue weighted by atomic mass is 10.3. The second-order valence-electron chi connectivity index (χ2n) is 3.74. The number of carbonyl (C=O) groups is 1. The number of ether oxygens (including phenoxy) is 1. The van der Waals surface area contributed by atoms with Crippen LogP contribution >= 0.6 is 0 Å². The van der Waals surface area contributed by atoms with Crippen LogP contribution in [0.1, 0.15) is 6.42 Å². The van der Waals surface area contributed by atoms with Gasteiger partial charge in [-0.3, -0.25) is 0 Å². The molecule has 5 nitrogen and oxygen atoms in total. The molecule has 14 heavy (non-hydrogen) atoms. The maximum Gasteiger partial charge on any atom is 0.317 e. The lowest BCUT2D eigenvalue weighted by molar-refractivity contribution is 0.0526. The van der Waals surface area contributed by atoms with Crippen LogP contribution in [0, 0.1) is 0 Å². The van der Waals surface area contributed by atoms with E-state index in [4.69, 9.17) is 4.74 Å². The summed E-state index contributed by atoms with van der Waals surface area (Å²) in [4.78, 5) is 13.5. The minimum Gasteiger partial charge on any atom is -0.378 e. The van der Waals surface area contributed by atoms with Crippen LogP contribution in [0.5, 0.6) is 0 Å². The summed E-state index contributed by atoms with van der Waals surface area (Å²) in [5.41, 5.74) is 0. The third kappa shape index (κ3) is 2.36. The van der Waals surface area contributed by atoms with Crippen LogP contribution in [-0.2, 0) is 4.74 Å². The number of carbonyl (C=O) groups excluding carboxylic acids is 1. The molecule has 0 bridgehead atoms. The van der Waals surface area contributed by atoms with Crippen molar-refractivity contribution in [2.24, 2.45) is 0 Å². The van der Waals surface area contributed by atoms with Crippen molar-refractivity contribution >= 4 is 6.03 Å². The minimum atomic E-state index is 0.0574. The van der Waals surface area contributed by atoms with Crippen LogP contribution in [0.15, 0.2) is 0 Å². The van der Waals surface area contributed by atoms with E-state index >= 15 is 0 Å². The first kappa shape index (κ1) is 9.73. The van der Waals surface area contributed by atoms with Gasteiger partial charge < -0.3 is 20.3 Å². The SMILES string of the molecule is O=C(N[C@@H]1CCNC1)N1CCOCC1. The third-order valence-corrected chi connectivity index (χ3v) is 2.69. The van der Waals surface area contributed by atoms with E-state index in [1.165, 1.54) is 0 Å². The van der Waals surface area contributed by atoms with Gasteiger partial charge in [0.05, 0.1) is 13.2 Å². The largest absolute Gasteiger partial charge is 0.378 e. The third-order valence-electron chi connectivity index (χ3n) is 2.69. The normalized spacial score (nSPS) is 27.7. The van der Waals surface area contributed by atoms with Gasteiger partial charge in [-0.25, -0.2) is 4.79 Å². The van der Waals surface area contributed by atoms with Crippen molar-refractivity contribution in [3.8, 4) is 0 Å². The van der Waals surface area contributed by atoms with E-state index < -0.39 is 0 Å². The maximum atomic E-state index is 11.7. The van der Waals surface area contributed by atoms with E-state index in [0.717, 1.165) is 19.5 Å². The number of rotatable bonds is 1. The first-order valence-corrected chi connectivity index (χ1v) is 5.20. The molecule has 1 atom stereocenters. The molecule has 2 heterocycles. The molecule has 2 saturated heterocycles. The van der Waals surface area contributed by atoms with Crippen molar-refractivity contribution in [2.45, 2.75) is 12.5 Å². The molecule has 0 saturated carbocycles. The smallest absolute Gasteiger partial charge is 0.317 e. The van der Waals surface area contributed by atoms with Gasteiger partial charge in [0.25, 0.3) is 0 Å². The summed E-state index contributed by atoms with van der Waals surface area (Å²) in [5.74, 6) is 0. The molecule has 2 amide bonds. The summed E-state index contributed by atoms with van der Waals surface area (Å²) in [6.45, 7) is 4.66. The van der Waals surface area contributed by atoms with E-state index in [-0.39, 0.29) is 6.03 Å². The lowest BCUT2D eigenvalue weighted by Crippen LogP contribution is -2.49. The molecule has 2 N–H and O–H groups in total. The van der Waals surface area contributed by atoms with Gasteiger partial charge in [0, 0.05) is 25.7 Å². The Labute approximate surface area is 83.8 Å². The number of nitrogens with one attached hydrogen (secondary N) is 2.